The van der Waals surface area contributed by atoms with E-state index in [1.807, 2.05) is 13.0 Å². The third-order valence-electron chi connectivity index (χ3n) is 3.00. The number of hydrogen-bond donors (Lipinski definition) is 1. The van der Waals surface area contributed by atoms with E-state index >= 15 is 0 Å². The maximum absolute atomic E-state index is 13.5. The van der Waals surface area contributed by atoms with Crippen LogP contribution in [0.4, 0.5) is 16.0 Å². The predicted octanol–water partition coefficient (Wildman–Crippen LogP) is 2.57. The molecule has 0 amide bonds. The molecule has 5 nitrogen and oxygen atoms in total. The van der Waals surface area contributed by atoms with Crippen LogP contribution in [0.3, 0.4) is 0 Å². The summed E-state index contributed by atoms with van der Waals surface area (Å²) in [6.45, 7) is 2.60. The molecule has 0 fully saturated rings. The molecule has 2 aromatic rings. The summed E-state index contributed by atoms with van der Waals surface area (Å²) in [5, 5.41) is 13.5. The average Bonchev–Trinajstić information content (AvgIpc) is 2.78. The summed E-state index contributed by atoms with van der Waals surface area (Å²) in [5.41, 5.74) is 6.60. The first kappa shape index (κ1) is 14.2. The Kier molecular flexibility index (Phi) is 3.81. The molecule has 1 heterocycles. The minimum atomic E-state index is -0.567. The largest absolute Gasteiger partial charge is 0.382 e. The van der Waals surface area contributed by atoms with Gasteiger partial charge >= 0.3 is 0 Å². The summed E-state index contributed by atoms with van der Waals surface area (Å²) in [6.07, 6.45) is 0. The second-order valence-corrected chi connectivity index (χ2v) is 4.63. The molecule has 0 bridgehead atoms. The van der Waals surface area contributed by atoms with E-state index in [0.717, 1.165) is 0 Å². The number of nitriles is 1. The highest BCUT2D eigenvalue weighted by molar-refractivity contribution is 6.30. The van der Waals surface area contributed by atoms with Crippen LogP contribution in [0.15, 0.2) is 18.2 Å². The van der Waals surface area contributed by atoms with Crippen molar-refractivity contribution in [2.75, 3.05) is 24.2 Å². The summed E-state index contributed by atoms with van der Waals surface area (Å²) >= 11 is 5.65. The van der Waals surface area contributed by atoms with Crippen molar-refractivity contribution in [3.63, 3.8) is 0 Å². The third-order valence-corrected chi connectivity index (χ3v) is 3.30. The molecular weight excluding hydrogens is 281 g/mol. The van der Waals surface area contributed by atoms with Crippen molar-refractivity contribution in [3.05, 3.63) is 34.6 Å². The Balaban J connectivity index is 2.61. The van der Waals surface area contributed by atoms with Gasteiger partial charge in [0.1, 0.15) is 23.3 Å². The number of nitrogens with two attached hydrogens (primary N) is 1. The highest BCUT2D eigenvalue weighted by Gasteiger charge is 2.19. The topological polar surface area (TPSA) is 70.9 Å². The van der Waals surface area contributed by atoms with Gasteiger partial charge in [0.2, 0.25) is 0 Å². The van der Waals surface area contributed by atoms with E-state index in [2.05, 4.69) is 5.10 Å². The average molecular weight is 294 g/mol. The molecule has 1 aromatic carbocycles. The summed E-state index contributed by atoms with van der Waals surface area (Å²) in [5.74, 6) is 0.0651. The van der Waals surface area contributed by atoms with Gasteiger partial charge < -0.3 is 10.6 Å². The third kappa shape index (κ3) is 2.28. The normalized spacial score (nSPS) is 10.3. The molecule has 2 rings (SSSR count). The Labute approximate surface area is 121 Å². The van der Waals surface area contributed by atoms with Crippen molar-refractivity contribution in [1.29, 1.82) is 5.26 Å². The van der Waals surface area contributed by atoms with Crippen LogP contribution in [-0.2, 0) is 0 Å². The molecule has 0 saturated carbocycles. The number of anilines is 2. The maximum Gasteiger partial charge on any atom is 0.171 e. The lowest BCUT2D eigenvalue weighted by atomic mass is 10.3. The number of aromatic nitrogens is 2. The standard InChI is InChI=1S/C13H13ClFN5/c1-3-19(2)13-9(7-16)12(17)20(18-13)8-4-5-10(14)11(15)6-8/h4-6H,3,17H2,1-2H3. The van der Waals surface area contributed by atoms with Gasteiger partial charge in [-0.25, -0.2) is 9.07 Å². The van der Waals surface area contributed by atoms with Crippen molar-refractivity contribution in [2.45, 2.75) is 6.92 Å². The first-order valence-electron chi connectivity index (χ1n) is 5.94. The van der Waals surface area contributed by atoms with Crippen molar-refractivity contribution in [3.8, 4) is 11.8 Å². The predicted molar refractivity (Wildman–Crippen MR) is 76.6 cm³/mol. The zero-order valence-electron chi connectivity index (χ0n) is 11.1. The minimum Gasteiger partial charge on any atom is -0.382 e. The Hall–Kier alpha value is -2.26. The first-order valence-corrected chi connectivity index (χ1v) is 6.32. The van der Waals surface area contributed by atoms with Crippen LogP contribution in [-0.4, -0.2) is 23.4 Å². The van der Waals surface area contributed by atoms with Crippen LogP contribution in [0.25, 0.3) is 5.69 Å². The fourth-order valence-corrected chi connectivity index (χ4v) is 1.87. The second-order valence-electron chi connectivity index (χ2n) is 4.22. The molecule has 2 N–H and O–H groups in total. The van der Waals surface area contributed by atoms with Gasteiger partial charge in [-0.1, -0.05) is 11.6 Å². The number of nitrogens with zero attached hydrogens (tertiary/aromatic N) is 4. The molecule has 0 aliphatic heterocycles. The van der Waals surface area contributed by atoms with E-state index in [4.69, 9.17) is 17.3 Å². The van der Waals surface area contributed by atoms with Gasteiger partial charge in [-0.2, -0.15) is 5.26 Å². The van der Waals surface area contributed by atoms with Gasteiger partial charge in [0.15, 0.2) is 5.82 Å². The molecule has 0 aliphatic rings. The lowest BCUT2D eigenvalue weighted by Crippen LogP contribution is -2.17. The lowest BCUT2D eigenvalue weighted by Gasteiger charge is -2.12. The molecule has 0 saturated heterocycles. The molecule has 0 unspecified atom stereocenters. The number of benzene rings is 1. The number of nitrogen functional groups attached to an aromatic ring is 1. The van der Waals surface area contributed by atoms with Crippen LogP contribution >= 0.6 is 11.6 Å². The molecule has 7 heteroatoms. The van der Waals surface area contributed by atoms with Crippen LogP contribution in [0, 0.1) is 17.1 Å². The van der Waals surface area contributed by atoms with Gasteiger partial charge in [-0.3, -0.25) is 0 Å². The Bertz CT molecular complexity index is 689. The summed E-state index contributed by atoms with van der Waals surface area (Å²) in [4.78, 5) is 1.79. The zero-order valence-corrected chi connectivity index (χ0v) is 11.8. The Morgan fingerprint density at radius 2 is 2.25 bits per heavy atom. The van der Waals surface area contributed by atoms with Gasteiger partial charge in [-0.05, 0) is 19.1 Å². The maximum atomic E-state index is 13.5. The van der Waals surface area contributed by atoms with Crippen LogP contribution in [0.1, 0.15) is 12.5 Å². The summed E-state index contributed by atoms with van der Waals surface area (Å²) < 4.78 is 14.9. The van der Waals surface area contributed by atoms with Gasteiger partial charge in [0.05, 0.1) is 10.7 Å². The molecule has 104 valence electrons. The Morgan fingerprint density at radius 3 is 2.80 bits per heavy atom. The van der Waals surface area contributed by atoms with Crippen molar-refractivity contribution < 1.29 is 4.39 Å². The Morgan fingerprint density at radius 1 is 1.55 bits per heavy atom. The van der Waals surface area contributed by atoms with E-state index in [9.17, 15) is 9.65 Å². The first-order chi connectivity index (χ1) is 9.49. The molecule has 20 heavy (non-hydrogen) atoms. The number of hydrogen-bond acceptors (Lipinski definition) is 4. The number of rotatable bonds is 3. The van der Waals surface area contributed by atoms with Crippen LogP contribution in [0.2, 0.25) is 5.02 Å². The van der Waals surface area contributed by atoms with Crippen molar-refractivity contribution in [1.82, 2.24) is 9.78 Å². The molecule has 0 atom stereocenters. The quantitative estimate of drug-likeness (QED) is 0.944. The van der Waals surface area contributed by atoms with Crippen molar-refractivity contribution in [2.24, 2.45) is 0 Å². The molecule has 0 aliphatic carbocycles. The van der Waals surface area contributed by atoms with Gasteiger partial charge in [0, 0.05) is 19.7 Å². The van der Waals surface area contributed by atoms with E-state index in [1.165, 1.54) is 16.8 Å². The smallest absolute Gasteiger partial charge is 0.171 e. The molecular formula is C13H13ClFN5. The lowest BCUT2D eigenvalue weighted by molar-refractivity contribution is 0.626. The van der Waals surface area contributed by atoms with Gasteiger partial charge in [-0.15, -0.1) is 5.10 Å². The highest BCUT2D eigenvalue weighted by Crippen LogP contribution is 2.27. The van der Waals surface area contributed by atoms with E-state index < -0.39 is 5.82 Å². The number of halogens is 2. The molecule has 0 radical (unpaired) electrons. The summed E-state index contributed by atoms with van der Waals surface area (Å²) in [6, 6.07) is 6.26. The second kappa shape index (κ2) is 5.39. The minimum absolute atomic E-state index is 0.0193. The summed E-state index contributed by atoms with van der Waals surface area (Å²) in [7, 11) is 1.80. The fourth-order valence-electron chi connectivity index (χ4n) is 1.76. The van der Waals surface area contributed by atoms with E-state index in [-0.39, 0.29) is 16.4 Å². The highest BCUT2D eigenvalue weighted by atomic mass is 35.5. The monoisotopic (exact) mass is 293 g/mol. The molecule has 1 aromatic heterocycles. The van der Waals surface area contributed by atoms with Crippen LogP contribution < -0.4 is 10.6 Å². The van der Waals surface area contributed by atoms with E-state index in [0.29, 0.717) is 18.1 Å². The van der Waals surface area contributed by atoms with Crippen LogP contribution in [0.5, 0.6) is 0 Å². The fraction of sp³-hybridized carbons (Fsp3) is 0.231. The zero-order chi connectivity index (χ0) is 14.9. The molecule has 0 spiro atoms. The van der Waals surface area contributed by atoms with Crippen molar-refractivity contribution >= 4 is 23.2 Å². The van der Waals surface area contributed by atoms with Gasteiger partial charge in [0.25, 0.3) is 0 Å². The van der Waals surface area contributed by atoms with E-state index in [1.54, 1.807) is 18.0 Å². The SMILES string of the molecule is CCN(C)c1nn(-c2ccc(Cl)c(F)c2)c(N)c1C#N.